The van der Waals surface area contributed by atoms with Crippen LogP contribution in [0.4, 0.5) is 0 Å². The molecule has 3 rings (SSSR count). The zero-order valence-corrected chi connectivity index (χ0v) is 37.9. The van der Waals surface area contributed by atoms with Crippen molar-refractivity contribution in [3.63, 3.8) is 0 Å². The maximum atomic E-state index is 11.0. The fourth-order valence-electron chi connectivity index (χ4n) is 4.11. The van der Waals surface area contributed by atoms with E-state index in [4.69, 9.17) is 14.2 Å². The predicted molar refractivity (Wildman–Crippen MR) is 241 cm³/mol. The van der Waals surface area contributed by atoms with Crippen molar-refractivity contribution in [3.05, 3.63) is 95.9 Å². The molecule has 1 aromatic carbocycles. The highest BCUT2D eigenvalue weighted by atomic mass is 127. The molecular formula is C40H54I3N5O6. The van der Waals surface area contributed by atoms with Gasteiger partial charge in [-0.2, -0.15) is 0 Å². The van der Waals surface area contributed by atoms with E-state index < -0.39 is 0 Å². The molecule has 0 atom stereocenters. The number of hydrogen-bond acceptors (Lipinski definition) is 8. The fraction of sp³-hybridized carbons (Fsp3) is 0.425. The fourth-order valence-corrected chi connectivity index (χ4v) is 5.11. The molecule has 0 aliphatic carbocycles. The lowest BCUT2D eigenvalue weighted by molar-refractivity contribution is -0.120. The minimum atomic E-state index is -0.0608. The molecule has 0 fully saturated rings. The van der Waals surface area contributed by atoms with Gasteiger partial charge in [-0.25, -0.2) is 9.97 Å². The van der Waals surface area contributed by atoms with Crippen LogP contribution in [0.1, 0.15) is 70.6 Å². The van der Waals surface area contributed by atoms with Gasteiger partial charge in [-0.3, -0.25) is 14.4 Å². The Balaban J connectivity index is 0.000000405. The number of hydrogen-bond donors (Lipinski definition) is 3. The number of likely N-dealkylation sites (N-methyl/N-ethyl adjacent to an activating group) is 2. The van der Waals surface area contributed by atoms with E-state index in [9.17, 15) is 14.4 Å². The van der Waals surface area contributed by atoms with Gasteiger partial charge < -0.3 is 30.2 Å². The van der Waals surface area contributed by atoms with Crippen LogP contribution in [0, 0.1) is 10.7 Å². The maximum Gasteiger partial charge on any atom is 0.243 e. The van der Waals surface area contributed by atoms with Crippen molar-refractivity contribution in [3.8, 4) is 17.5 Å². The van der Waals surface area contributed by atoms with Crippen LogP contribution in [0.15, 0.2) is 85.2 Å². The summed E-state index contributed by atoms with van der Waals surface area (Å²) < 4.78 is 20.0. The molecule has 3 N–H and O–H groups in total. The van der Waals surface area contributed by atoms with Gasteiger partial charge in [0.25, 0.3) is 0 Å². The van der Waals surface area contributed by atoms with Crippen molar-refractivity contribution in [2.24, 2.45) is 0 Å². The van der Waals surface area contributed by atoms with Crippen LogP contribution in [0.5, 0.6) is 17.5 Å². The Morgan fingerprint density at radius 3 is 1.44 bits per heavy atom. The van der Waals surface area contributed by atoms with Gasteiger partial charge in [0, 0.05) is 62.8 Å². The third kappa shape index (κ3) is 28.4. The Bertz CT molecular complexity index is 1410. The molecule has 0 saturated heterocycles. The number of amides is 3. The van der Waals surface area contributed by atoms with Crippen molar-refractivity contribution in [2.45, 2.75) is 70.6 Å². The normalized spacial score (nSPS) is 10.4. The molecule has 54 heavy (non-hydrogen) atoms. The van der Waals surface area contributed by atoms with Gasteiger partial charge in [0.15, 0.2) is 0 Å². The Kier molecular flexibility index (Phi) is 30.3. The summed E-state index contributed by atoms with van der Waals surface area (Å²) in [6.07, 6.45) is 20.9. The molecule has 14 heteroatoms. The molecule has 0 aliphatic rings. The number of benzene rings is 1. The van der Waals surface area contributed by atoms with Crippen molar-refractivity contribution in [1.82, 2.24) is 25.9 Å². The smallest absolute Gasteiger partial charge is 0.243 e. The van der Waals surface area contributed by atoms with Gasteiger partial charge in [0.1, 0.15) is 5.75 Å². The standard InChI is InChI=1S/C14H18INO2.C13H19IN2O2.C13H17IN2O2/c1-16-14(17)6-4-2-3-5-11-18-13-9-7-12(15)8-10-13;2*1-15-12(17)6-4-2-3-5-9-18-13-8-7-11(14)10-16-13/h4,6-10H,2-3,5,11H2,1H3,(H,16,17);7-8,10H,2-6,9H2,1H3,(H,15,17);4,6-8,10H,2-3,5,9H2,1H3,(H,15,17)/b6-4+;;6-4+. The molecule has 0 bridgehead atoms. The maximum absolute atomic E-state index is 11.0. The second-order valence-electron chi connectivity index (χ2n) is 11.5. The van der Waals surface area contributed by atoms with E-state index in [1.807, 2.05) is 60.7 Å². The number of pyridine rings is 2. The van der Waals surface area contributed by atoms with E-state index in [-0.39, 0.29) is 17.7 Å². The summed E-state index contributed by atoms with van der Waals surface area (Å²) in [4.78, 5) is 41.1. The molecule has 296 valence electrons. The first-order chi connectivity index (χ1) is 26.2. The van der Waals surface area contributed by atoms with Crippen molar-refractivity contribution in [1.29, 1.82) is 0 Å². The van der Waals surface area contributed by atoms with Crippen LogP contribution in [-0.2, 0) is 14.4 Å². The highest BCUT2D eigenvalue weighted by molar-refractivity contribution is 14.1. The highest BCUT2D eigenvalue weighted by Gasteiger charge is 1.99. The number of halogens is 3. The van der Waals surface area contributed by atoms with E-state index in [0.29, 0.717) is 38.0 Å². The van der Waals surface area contributed by atoms with E-state index in [2.05, 4.69) is 93.7 Å². The van der Waals surface area contributed by atoms with Crippen molar-refractivity contribution < 1.29 is 28.6 Å². The number of rotatable bonds is 22. The van der Waals surface area contributed by atoms with E-state index in [0.717, 1.165) is 77.1 Å². The summed E-state index contributed by atoms with van der Waals surface area (Å²) >= 11 is 6.69. The minimum absolute atomic E-state index is 0.0508. The van der Waals surface area contributed by atoms with E-state index in [1.54, 1.807) is 45.7 Å². The lowest BCUT2D eigenvalue weighted by Gasteiger charge is -2.05. The number of allylic oxidation sites excluding steroid dienone is 2. The van der Waals surface area contributed by atoms with Crippen LogP contribution >= 0.6 is 67.8 Å². The van der Waals surface area contributed by atoms with Gasteiger partial charge in [0.2, 0.25) is 29.5 Å². The van der Waals surface area contributed by atoms with Gasteiger partial charge >= 0.3 is 0 Å². The van der Waals surface area contributed by atoms with Crippen LogP contribution < -0.4 is 30.2 Å². The van der Waals surface area contributed by atoms with Crippen molar-refractivity contribution >= 4 is 85.5 Å². The van der Waals surface area contributed by atoms with Crippen LogP contribution in [0.3, 0.4) is 0 Å². The first-order valence-electron chi connectivity index (χ1n) is 18.0. The van der Waals surface area contributed by atoms with Crippen LogP contribution in [0.25, 0.3) is 0 Å². The second-order valence-corrected chi connectivity index (χ2v) is 15.2. The first kappa shape index (κ1) is 49.0. The number of aromatic nitrogens is 2. The summed E-state index contributed by atoms with van der Waals surface area (Å²) in [6, 6.07) is 15.7. The average Bonchev–Trinajstić information content (AvgIpc) is 3.19. The summed E-state index contributed by atoms with van der Waals surface area (Å²) in [7, 11) is 4.92. The van der Waals surface area contributed by atoms with E-state index >= 15 is 0 Å². The predicted octanol–water partition coefficient (Wildman–Crippen LogP) is 8.44. The SMILES string of the molecule is CNC(=O)/C=C/CCCCOc1ccc(I)cc1.CNC(=O)/C=C/CCCCOc1ccc(I)cn1.CNC(=O)CCCCCCOc1ccc(I)cn1. The quantitative estimate of drug-likeness (QED) is 0.0518. The third-order valence-electron chi connectivity index (χ3n) is 7.12. The molecule has 3 amide bonds. The summed E-state index contributed by atoms with van der Waals surface area (Å²) in [5.74, 6) is 2.27. The lowest BCUT2D eigenvalue weighted by Crippen LogP contribution is -2.16. The first-order valence-corrected chi connectivity index (χ1v) is 21.2. The monoisotopic (exact) mass is 1080 g/mol. The highest BCUT2D eigenvalue weighted by Crippen LogP contribution is 2.14. The Hall–Kier alpha value is -3.00. The van der Waals surface area contributed by atoms with Gasteiger partial charge in [-0.15, -0.1) is 0 Å². The Labute approximate surface area is 362 Å². The number of nitrogens with zero attached hydrogens (tertiary/aromatic N) is 2. The minimum Gasteiger partial charge on any atom is -0.494 e. The number of unbranched alkanes of at least 4 members (excludes halogenated alkanes) is 7. The topological polar surface area (TPSA) is 141 Å². The van der Waals surface area contributed by atoms with E-state index in [1.165, 1.54) is 3.57 Å². The Morgan fingerprint density at radius 1 is 0.556 bits per heavy atom. The molecule has 0 saturated carbocycles. The molecule has 11 nitrogen and oxygen atoms in total. The second kappa shape index (κ2) is 33.3. The number of carbonyl (C=O) groups excluding carboxylic acids is 3. The molecule has 0 spiro atoms. The third-order valence-corrected chi connectivity index (χ3v) is 9.12. The van der Waals surface area contributed by atoms with Gasteiger partial charge in [0.05, 0.1) is 19.8 Å². The lowest BCUT2D eigenvalue weighted by atomic mass is 10.1. The molecular weight excluding hydrogens is 1030 g/mol. The summed E-state index contributed by atoms with van der Waals surface area (Å²) in [5.41, 5.74) is 0. The Morgan fingerprint density at radius 2 is 1.00 bits per heavy atom. The van der Waals surface area contributed by atoms with Crippen molar-refractivity contribution in [2.75, 3.05) is 41.0 Å². The zero-order valence-electron chi connectivity index (χ0n) is 31.5. The number of carbonyl (C=O) groups is 3. The molecule has 2 aromatic heterocycles. The average molecular weight is 1080 g/mol. The van der Waals surface area contributed by atoms with Crippen LogP contribution in [-0.4, -0.2) is 68.7 Å². The van der Waals surface area contributed by atoms with Crippen LogP contribution in [0.2, 0.25) is 0 Å². The molecule has 2 heterocycles. The van der Waals surface area contributed by atoms with Gasteiger partial charge in [-0.05, 0) is 168 Å². The number of ether oxygens (including phenoxy) is 3. The molecule has 3 aromatic rings. The summed E-state index contributed by atoms with van der Waals surface area (Å²) in [6.45, 7) is 2.06. The number of nitrogens with one attached hydrogen (secondary N) is 3. The largest absolute Gasteiger partial charge is 0.494 e. The molecule has 0 aliphatic heterocycles. The molecule has 0 radical (unpaired) electrons. The van der Waals surface area contributed by atoms with Gasteiger partial charge in [-0.1, -0.05) is 25.0 Å². The zero-order chi connectivity index (χ0) is 39.7. The summed E-state index contributed by atoms with van der Waals surface area (Å²) in [5, 5.41) is 7.70. The molecule has 0 unspecified atom stereocenters.